The van der Waals surface area contributed by atoms with E-state index < -0.39 is 29.1 Å². The lowest BCUT2D eigenvalue weighted by molar-refractivity contribution is -0.385. The number of ether oxygens (including phenoxy) is 4. The van der Waals surface area contributed by atoms with Crippen molar-refractivity contribution in [3.05, 3.63) is 52.1 Å². The Kier molecular flexibility index (Phi) is 5.06. The number of hydrogen-bond donors (Lipinski definition) is 1. The first-order chi connectivity index (χ1) is 13.0. The summed E-state index contributed by atoms with van der Waals surface area (Å²) in [7, 11) is 1.49. The number of methoxy groups -OCH3 is 1. The fourth-order valence-corrected chi connectivity index (χ4v) is 2.35. The van der Waals surface area contributed by atoms with Gasteiger partial charge in [-0.3, -0.25) is 14.9 Å². The van der Waals surface area contributed by atoms with E-state index in [1.807, 2.05) is 0 Å². The molecular weight excluding hydrogens is 360 g/mol. The predicted octanol–water partition coefficient (Wildman–Crippen LogP) is 2.13. The van der Waals surface area contributed by atoms with Crippen LogP contribution in [0.4, 0.5) is 11.4 Å². The topological polar surface area (TPSA) is 126 Å². The standard InChI is InChI=1S/C17H14N2O8/c1-24-11-4-2-3-10(5-11)18-16(20)8-25-17(21)12-6-14-15(27-9-26-14)7-13(12)19(22)23/h2-7H,8-9H2,1H3,(H,18,20). The number of hydrogen-bond acceptors (Lipinski definition) is 8. The maximum atomic E-state index is 12.2. The van der Waals surface area contributed by atoms with Gasteiger partial charge >= 0.3 is 5.97 Å². The average Bonchev–Trinajstić information content (AvgIpc) is 3.12. The van der Waals surface area contributed by atoms with Crippen LogP contribution >= 0.6 is 0 Å². The average molecular weight is 374 g/mol. The molecule has 0 radical (unpaired) electrons. The first-order valence-electron chi connectivity index (χ1n) is 7.67. The molecule has 10 nitrogen and oxygen atoms in total. The molecule has 10 heteroatoms. The highest BCUT2D eigenvalue weighted by Gasteiger charge is 2.28. The van der Waals surface area contributed by atoms with Gasteiger partial charge in [-0.1, -0.05) is 6.07 Å². The number of carbonyl (C=O) groups is 2. The SMILES string of the molecule is COc1cccc(NC(=O)COC(=O)c2cc3c(cc2[N+](=O)[O-])OCO3)c1. The predicted molar refractivity (Wildman–Crippen MR) is 91.1 cm³/mol. The molecule has 0 fully saturated rings. The summed E-state index contributed by atoms with van der Waals surface area (Å²) < 4.78 is 20.1. The summed E-state index contributed by atoms with van der Waals surface area (Å²) in [5.41, 5.74) is -0.389. The normalized spacial score (nSPS) is 11.6. The van der Waals surface area contributed by atoms with E-state index >= 15 is 0 Å². The van der Waals surface area contributed by atoms with Crippen LogP contribution in [0.5, 0.6) is 17.2 Å². The highest BCUT2D eigenvalue weighted by atomic mass is 16.7. The fraction of sp³-hybridized carbons (Fsp3) is 0.176. The van der Waals surface area contributed by atoms with E-state index in [0.717, 1.165) is 12.1 Å². The summed E-state index contributed by atoms with van der Waals surface area (Å²) in [6.07, 6.45) is 0. The maximum Gasteiger partial charge on any atom is 0.345 e. The van der Waals surface area contributed by atoms with Gasteiger partial charge in [0.1, 0.15) is 11.3 Å². The summed E-state index contributed by atoms with van der Waals surface area (Å²) in [6, 6.07) is 8.83. The summed E-state index contributed by atoms with van der Waals surface area (Å²) >= 11 is 0. The third-order valence-electron chi connectivity index (χ3n) is 3.60. The van der Waals surface area contributed by atoms with Crippen molar-refractivity contribution in [3.63, 3.8) is 0 Å². The maximum absolute atomic E-state index is 12.2. The van der Waals surface area contributed by atoms with Gasteiger partial charge in [0.2, 0.25) is 6.79 Å². The van der Waals surface area contributed by atoms with E-state index in [1.165, 1.54) is 7.11 Å². The van der Waals surface area contributed by atoms with E-state index in [2.05, 4.69) is 5.32 Å². The molecule has 1 aliphatic rings. The molecule has 0 aliphatic carbocycles. The van der Waals surface area contributed by atoms with Crippen molar-refractivity contribution in [2.75, 3.05) is 25.8 Å². The molecule has 2 aromatic carbocycles. The monoisotopic (exact) mass is 374 g/mol. The zero-order valence-corrected chi connectivity index (χ0v) is 14.1. The Bertz CT molecular complexity index is 912. The van der Waals surface area contributed by atoms with Crippen LogP contribution in [0.2, 0.25) is 0 Å². The number of rotatable bonds is 6. The minimum Gasteiger partial charge on any atom is -0.497 e. The van der Waals surface area contributed by atoms with Crippen molar-refractivity contribution >= 4 is 23.3 Å². The second kappa shape index (κ2) is 7.60. The lowest BCUT2D eigenvalue weighted by Gasteiger charge is -2.08. The molecular formula is C17H14N2O8. The molecule has 0 bridgehead atoms. The largest absolute Gasteiger partial charge is 0.497 e. The van der Waals surface area contributed by atoms with Gasteiger partial charge in [0, 0.05) is 17.8 Å². The van der Waals surface area contributed by atoms with Crippen molar-refractivity contribution in [1.82, 2.24) is 0 Å². The highest BCUT2D eigenvalue weighted by Crippen LogP contribution is 2.38. The van der Waals surface area contributed by atoms with Gasteiger partial charge in [-0.15, -0.1) is 0 Å². The number of benzene rings is 2. The zero-order valence-electron chi connectivity index (χ0n) is 14.1. The van der Waals surface area contributed by atoms with Crippen LogP contribution in [0, 0.1) is 10.1 Å². The van der Waals surface area contributed by atoms with Gasteiger partial charge in [-0.05, 0) is 12.1 Å². The van der Waals surface area contributed by atoms with Gasteiger partial charge in [0.05, 0.1) is 18.1 Å². The Morgan fingerprint density at radius 3 is 2.67 bits per heavy atom. The van der Waals surface area contributed by atoms with Crippen LogP contribution in [-0.2, 0) is 9.53 Å². The van der Waals surface area contributed by atoms with Crippen molar-refractivity contribution in [1.29, 1.82) is 0 Å². The Balaban J connectivity index is 1.67. The van der Waals surface area contributed by atoms with Crippen molar-refractivity contribution < 1.29 is 33.5 Å². The van der Waals surface area contributed by atoms with Gasteiger partial charge in [0.25, 0.3) is 11.6 Å². The molecule has 0 atom stereocenters. The number of nitro benzene ring substituents is 1. The lowest BCUT2D eigenvalue weighted by Crippen LogP contribution is -2.21. The van der Waals surface area contributed by atoms with Crippen molar-refractivity contribution in [2.45, 2.75) is 0 Å². The zero-order chi connectivity index (χ0) is 19.4. The molecule has 3 rings (SSSR count). The molecule has 0 saturated heterocycles. The van der Waals surface area contributed by atoms with E-state index in [0.29, 0.717) is 11.4 Å². The van der Waals surface area contributed by atoms with Crippen LogP contribution in [0.1, 0.15) is 10.4 Å². The van der Waals surface area contributed by atoms with E-state index in [-0.39, 0.29) is 23.9 Å². The number of esters is 1. The van der Waals surface area contributed by atoms with Gasteiger partial charge < -0.3 is 24.3 Å². The lowest BCUT2D eigenvalue weighted by atomic mass is 10.1. The molecule has 0 spiro atoms. The van der Waals surface area contributed by atoms with E-state index in [9.17, 15) is 19.7 Å². The molecule has 140 valence electrons. The summed E-state index contributed by atoms with van der Waals surface area (Å²) in [6.45, 7) is -0.727. The summed E-state index contributed by atoms with van der Waals surface area (Å²) in [5.74, 6) is -0.746. The Morgan fingerprint density at radius 1 is 1.22 bits per heavy atom. The molecule has 0 unspecified atom stereocenters. The first-order valence-corrected chi connectivity index (χ1v) is 7.67. The molecule has 0 saturated carbocycles. The molecule has 2 aromatic rings. The molecule has 0 aromatic heterocycles. The third-order valence-corrected chi connectivity index (χ3v) is 3.60. The van der Waals surface area contributed by atoms with Gasteiger partial charge in [-0.2, -0.15) is 0 Å². The van der Waals surface area contributed by atoms with E-state index in [4.69, 9.17) is 18.9 Å². The third kappa shape index (κ3) is 4.06. The highest BCUT2D eigenvalue weighted by molar-refractivity contribution is 5.98. The fourth-order valence-electron chi connectivity index (χ4n) is 2.35. The summed E-state index contributed by atoms with van der Waals surface area (Å²) in [4.78, 5) is 34.6. The van der Waals surface area contributed by atoms with Crippen LogP contribution in [0.3, 0.4) is 0 Å². The number of nitrogens with zero attached hydrogens (tertiary/aromatic N) is 1. The molecule has 27 heavy (non-hydrogen) atoms. The Labute approximate surface area is 152 Å². The minimum atomic E-state index is -1.03. The minimum absolute atomic E-state index is 0.103. The second-order valence-corrected chi connectivity index (χ2v) is 5.34. The van der Waals surface area contributed by atoms with Crippen molar-refractivity contribution in [2.24, 2.45) is 0 Å². The second-order valence-electron chi connectivity index (χ2n) is 5.34. The van der Waals surface area contributed by atoms with Crippen LogP contribution < -0.4 is 19.5 Å². The van der Waals surface area contributed by atoms with Crippen LogP contribution in [-0.4, -0.2) is 37.3 Å². The molecule has 1 heterocycles. The number of nitro groups is 1. The summed E-state index contributed by atoms with van der Waals surface area (Å²) in [5, 5.41) is 13.7. The van der Waals surface area contributed by atoms with Crippen molar-refractivity contribution in [3.8, 4) is 17.2 Å². The smallest absolute Gasteiger partial charge is 0.345 e. The number of nitrogens with one attached hydrogen (secondary N) is 1. The van der Waals surface area contributed by atoms with Crippen LogP contribution in [0.15, 0.2) is 36.4 Å². The van der Waals surface area contributed by atoms with Gasteiger partial charge in [0.15, 0.2) is 18.1 Å². The van der Waals surface area contributed by atoms with Crippen LogP contribution in [0.25, 0.3) is 0 Å². The first kappa shape index (κ1) is 18.0. The number of amides is 1. The molecule has 1 N–H and O–H groups in total. The Morgan fingerprint density at radius 2 is 1.96 bits per heavy atom. The quantitative estimate of drug-likeness (QED) is 0.463. The Hall–Kier alpha value is -3.82. The molecule has 1 amide bonds. The number of anilines is 1. The number of carbonyl (C=O) groups excluding carboxylic acids is 2. The van der Waals surface area contributed by atoms with E-state index in [1.54, 1.807) is 24.3 Å². The molecule has 1 aliphatic heterocycles. The van der Waals surface area contributed by atoms with Gasteiger partial charge in [-0.25, -0.2) is 4.79 Å². The number of fused-ring (bicyclic) bond motifs is 1.